The molecule has 1 N–H and O–H groups in total. The highest BCUT2D eigenvalue weighted by Gasteiger charge is 2.31. The Bertz CT molecular complexity index is 1080. The zero-order valence-electron chi connectivity index (χ0n) is 16.5. The van der Waals surface area contributed by atoms with E-state index < -0.39 is 27.7 Å². The second-order valence-corrected chi connectivity index (χ2v) is 8.86. The van der Waals surface area contributed by atoms with Crippen molar-refractivity contribution in [2.45, 2.75) is 6.18 Å². The van der Waals surface area contributed by atoms with Crippen LogP contribution in [-0.4, -0.2) is 62.5 Å². The van der Waals surface area contributed by atoms with Crippen molar-refractivity contribution in [3.8, 4) is 0 Å². The highest BCUT2D eigenvalue weighted by molar-refractivity contribution is 7.92. The van der Waals surface area contributed by atoms with Crippen molar-refractivity contribution < 1.29 is 31.2 Å². The first-order chi connectivity index (χ1) is 14.4. The van der Waals surface area contributed by atoms with E-state index in [0.29, 0.717) is 5.56 Å². The summed E-state index contributed by atoms with van der Waals surface area (Å²) in [5.74, 6) is -0.709. The number of nitrogens with zero attached hydrogens (tertiary/aromatic N) is 2. The lowest BCUT2D eigenvalue weighted by Crippen LogP contribution is -2.50. The van der Waals surface area contributed by atoms with Gasteiger partial charge in [-0.1, -0.05) is 6.07 Å². The van der Waals surface area contributed by atoms with Crippen molar-refractivity contribution in [3.05, 3.63) is 65.2 Å². The minimum atomic E-state index is -4.47. The number of alkyl halides is 3. The van der Waals surface area contributed by atoms with E-state index >= 15 is 0 Å². The van der Waals surface area contributed by atoms with Crippen LogP contribution in [0.1, 0.15) is 26.3 Å². The van der Waals surface area contributed by atoms with E-state index in [9.17, 15) is 31.2 Å². The Kier molecular flexibility index (Phi) is 6.25. The number of sulfonamides is 1. The topological polar surface area (TPSA) is 86.8 Å². The molecule has 1 aliphatic rings. The minimum absolute atomic E-state index is 0.146. The number of rotatable bonds is 4. The van der Waals surface area contributed by atoms with Crippen LogP contribution in [0, 0.1) is 0 Å². The van der Waals surface area contributed by atoms with Gasteiger partial charge in [0.2, 0.25) is 10.0 Å². The predicted octanol–water partition coefficient (Wildman–Crippen LogP) is 2.68. The largest absolute Gasteiger partial charge is 0.416 e. The lowest BCUT2D eigenvalue weighted by Gasteiger charge is -2.35. The molecule has 2 aromatic carbocycles. The van der Waals surface area contributed by atoms with Crippen molar-refractivity contribution in [2.75, 3.05) is 37.2 Å². The summed E-state index contributed by atoms with van der Waals surface area (Å²) in [5.41, 5.74) is -0.111. The second kappa shape index (κ2) is 8.58. The van der Waals surface area contributed by atoms with E-state index in [1.54, 1.807) is 12.1 Å². The number of halogens is 3. The number of piperazine rings is 1. The highest BCUT2D eigenvalue weighted by atomic mass is 32.2. The molecule has 0 aliphatic carbocycles. The average Bonchev–Trinajstić information content (AvgIpc) is 2.71. The molecule has 7 nitrogen and oxygen atoms in total. The fraction of sp³-hybridized carbons (Fsp3) is 0.300. The fourth-order valence-electron chi connectivity index (χ4n) is 3.21. The molecule has 0 aromatic heterocycles. The van der Waals surface area contributed by atoms with Crippen LogP contribution in [0.4, 0.5) is 18.9 Å². The average molecular weight is 455 g/mol. The Balaban J connectivity index is 1.62. The van der Waals surface area contributed by atoms with Gasteiger partial charge in [-0.05, 0) is 42.5 Å². The molecule has 3 rings (SSSR count). The number of nitrogens with one attached hydrogen (secondary N) is 1. The second-order valence-electron chi connectivity index (χ2n) is 7.11. The van der Waals surface area contributed by atoms with Crippen LogP contribution in [0.3, 0.4) is 0 Å². The van der Waals surface area contributed by atoms with Crippen LogP contribution >= 0.6 is 0 Å². The summed E-state index contributed by atoms with van der Waals surface area (Å²) >= 11 is 0. The molecule has 0 spiro atoms. The van der Waals surface area contributed by atoms with E-state index in [4.69, 9.17) is 0 Å². The molecule has 0 bridgehead atoms. The maximum absolute atomic E-state index is 12.7. The van der Waals surface area contributed by atoms with Gasteiger partial charge < -0.3 is 9.80 Å². The minimum Gasteiger partial charge on any atom is -0.335 e. The van der Waals surface area contributed by atoms with Gasteiger partial charge in [0.1, 0.15) is 0 Å². The number of carbonyl (C=O) groups excluding carboxylic acids is 2. The van der Waals surface area contributed by atoms with Gasteiger partial charge >= 0.3 is 6.18 Å². The lowest BCUT2D eigenvalue weighted by molar-refractivity contribution is -0.137. The molecule has 1 aliphatic heterocycles. The maximum Gasteiger partial charge on any atom is 0.416 e. The molecule has 2 amide bonds. The molecule has 11 heteroatoms. The van der Waals surface area contributed by atoms with E-state index in [2.05, 4.69) is 4.72 Å². The molecular weight excluding hydrogens is 435 g/mol. The number of hydrogen-bond donors (Lipinski definition) is 1. The van der Waals surface area contributed by atoms with E-state index in [-0.39, 0.29) is 43.3 Å². The molecular formula is C20H20F3N3O4S. The van der Waals surface area contributed by atoms with Gasteiger partial charge in [0.25, 0.3) is 11.8 Å². The van der Waals surface area contributed by atoms with E-state index in [1.807, 2.05) is 0 Å². The summed E-state index contributed by atoms with van der Waals surface area (Å²) in [6.45, 7) is 0.948. The van der Waals surface area contributed by atoms with Crippen molar-refractivity contribution in [1.29, 1.82) is 0 Å². The molecule has 0 unspecified atom stereocenters. The van der Waals surface area contributed by atoms with Gasteiger partial charge in [-0.15, -0.1) is 0 Å². The van der Waals surface area contributed by atoms with Crippen LogP contribution in [0.15, 0.2) is 48.5 Å². The smallest absolute Gasteiger partial charge is 0.335 e. The van der Waals surface area contributed by atoms with Crippen LogP contribution in [0.2, 0.25) is 0 Å². The third-order valence-electron chi connectivity index (χ3n) is 4.73. The summed E-state index contributed by atoms with van der Waals surface area (Å²) in [7, 11) is -3.48. The summed E-state index contributed by atoms with van der Waals surface area (Å²) < 4.78 is 63.1. The predicted molar refractivity (Wildman–Crippen MR) is 108 cm³/mol. The first kappa shape index (κ1) is 22.6. The van der Waals surface area contributed by atoms with Crippen LogP contribution in [0.5, 0.6) is 0 Å². The monoisotopic (exact) mass is 455 g/mol. The lowest BCUT2D eigenvalue weighted by atomic mass is 10.1. The molecule has 0 radical (unpaired) electrons. The highest BCUT2D eigenvalue weighted by Crippen LogP contribution is 2.29. The number of anilines is 1. The summed E-state index contributed by atoms with van der Waals surface area (Å²) in [4.78, 5) is 28.3. The van der Waals surface area contributed by atoms with Crippen LogP contribution in [-0.2, 0) is 16.2 Å². The van der Waals surface area contributed by atoms with Gasteiger partial charge in [0.05, 0.1) is 11.8 Å². The van der Waals surface area contributed by atoms with Crippen molar-refractivity contribution in [3.63, 3.8) is 0 Å². The normalized spacial score (nSPS) is 15.0. The van der Waals surface area contributed by atoms with Crippen molar-refractivity contribution in [2.24, 2.45) is 0 Å². The third kappa shape index (κ3) is 5.75. The SMILES string of the molecule is CS(=O)(=O)Nc1cccc(C(=O)N2CCN(C(=O)c3ccc(C(F)(F)F)cc3)CC2)c1. The van der Waals surface area contributed by atoms with E-state index in [1.165, 1.54) is 21.9 Å². The van der Waals surface area contributed by atoms with Crippen molar-refractivity contribution in [1.82, 2.24) is 9.80 Å². The van der Waals surface area contributed by atoms with Gasteiger partial charge in [-0.2, -0.15) is 13.2 Å². The first-order valence-electron chi connectivity index (χ1n) is 9.28. The maximum atomic E-state index is 12.7. The number of benzene rings is 2. The molecule has 1 fully saturated rings. The zero-order valence-corrected chi connectivity index (χ0v) is 17.3. The van der Waals surface area contributed by atoms with Gasteiger partial charge in [-0.25, -0.2) is 8.42 Å². The summed E-state index contributed by atoms with van der Waals surface area (Å²) in [5, 5.41) is 0. The number of carbonyl (C=O) groups is 2. The molecule has 2 aromatic rings. The standard InChI is InChI=1S/C20H20F3N3O4S/c1-31(29,30)24-17-4-2-3-15(13-17)19(28)26-11-9-25(10-12-26)18(27)14-5-7-16(8-6-14)20(21,22)23/h2-8,13,24H,9-12H2,1H3. The van der Waals surface area contributed by atoms with Gasteiger partial charge in [0.15, 0.2) is 0 Å². The molecule has 1 saturated heterocycles. The number of amides is 2. The summed E-state index contributed by atoms with van der Waals surface area (Å²) in [6.07, 6.45) is -3.46. The molecule has 0 saturated carbocycles. The fourth-order valence-corrected chi connectivity index (χ4v) is 3.76. The van der Waals surface area contributed by atoms with Crippen LogP contribution < -0.4 is 4.72 Å². The zero-order chi connectivity index (χ0) is 22.8. The quantitative estimate of drug-likeness (QED) is 0.768. The Hall–Kier alpha value is -3.08. The Morgan fingerprint density at radius 1 is 0.871 bits per heavy atom. The van der Waals surface area contributed by atoms with Crippen molar-refractivity contribution >= 4 is 27.5 Å². The molecule has 31 heavy (non-hydrogen) atoms. The van der Waals surface area contributed by atoms with Gasteiger partial charge in [-0.3, -0.25) is 14.3 Å². The van der Waals surface area contributed by atoms with E-state index in [0.717, 1.165) is 30.5 Å². The van der Waals surface area contributed by atoms with Gasteiger partial charge in [0, 0.05) is 43.0 Å². The molecule has 0 atom stereocenters. The first-order valence-corrected chi connectivity index (χ1v) is 11.2. The Labute approximate surface area is 177 Å². The molecule has 166 valence electrons. The Morgan fingerprint density at radius 3 is 1.87 bits per heavy atom. The molecule has 1 heterocycles. The summed E-state index contributed by atoms with van der Waals surface area (Å²) in [6, 6.07) is 10.1. The number of hydrogen-bond acceptors (Lipinski definition) is 4. The third-order valence-corrected chi connectivity index (χ3v) is 5.33. The Morgan fingerprint density at radius 2 is 1.39 bits per heavy atom. The van der Waals surface area contributed by atoms with Crippen LogP contribution in [0.25, 0.3) is 0 Å².